The molecule has 14 heteroatoms. The molecule has 0 atom stereocenters. The summed E-state index contributed by atoms with van der Waals surface area (Å²) < 4.78 is 25.7. The van der Waals surface area contributed by atoms with Gasteiger partial charge in [-0.05, 0) is 137 Å². The number of rotatable bonds is 7. The predicted octanol–water partition coefficient (Wildman–Crippen LogP) is 9.96. The highest BCUT2D eigenvalue weighted by molar-refractivity contribution is 6.14. The quantitative estimate of drug-likeness (QED) is 0.0525. The first-order valence-corrected chi connectivity index (χ1v) is 22.7. The highest BCUT2D eigenvalue weighted by Gasteiger charge is 2.53. The number of ether oxygens (including phenoxy) is 5. The fourth-order valence-corrected chi connectivity index (χ4v) is 9.27. The van der Waals surface area contributed by atoms with Gasteiger partial charge < -0.3 is 39.5 Å². The van der Waals surface area contributed by atoms with Crippen LogP contribution in [0.4, 0.5) is 11.4 Å². The van der Waals surface area contributed by atoms with Crippen LogP contribution in [0, 0.1) is 22.2 Å². The van der Waals surface area contributed by atoms with E-state index in [9.17, 15) is 29.6 Å². The lowest BCUT2D eigenvalue weighted by Gasteiger charge is -2.21. The summed E-state index contributed by atoms with van der Waals surface area (Å²) in [5, 5.41) is 28.5. The van der Waals surface area contributed by atoms with E-state index >= 15 is 0 Å². The first-order chi connectivity index (χ1) is 32.3. The van der Waals surface area contributed by atoms with Gasteiger partial charge in [0.2, 0.25) is 25.4 Å². The molecule has 352 valence electrons. The van der Waals surface area contributed by atoms with E-state index in [4.69, 9.17) is 18.9 Å². The minimum atomic E-state index is -0.562. The summed E-state index contributed by atoms with van der Waals surface area (Å²) in [5.74, 6) is 1.68. The van der Waals surface area contributed by atoms with Crippen molar-refractivity contribution in [3.63, 3.8) is 0 Å². The van der Waals surface area contributed by atoms with Gasteiger partial charge in [0, 0.05) is 30.8 Å². The molecule has 0 saturated heterocycles. The number of hydrogen-bond acceptors (Lipinski definition) is 12. The fraction of sp³-hybridized carbons (Fsp3) is 0.370. The maximum Gasteiger partial charge on any atom is 0.310 e. The largest absolute Gasteiger partial charge is 0.454 e. The lowest BCUT2D eigenvalue weighted by atomic mass is 9.83. The van der Waals surface area contributed by atoms with Crippen LogP contribution in [-0.2, 0) is 47.6 Å². The molecular weight excluding hydrogens is 865 g/mol. The minimum absolute atomic E-state index is 0.0123. The Balaban J connectivity index is 0.000000162. The number of esters is 2. The van der Waals surface area contributed by atoms with Crippen molar-refractivity contribution in [1.82, 2.24) is 0 Å². The third kappa shape index (κ3) is 9.43. The first kappa shape index (κ1) is 47.1. The van der Waals surface area contributed by atoms with Crippen molar-refractivity contribution in [3.8, 4) is 29.1 Å². The Bertz CT molecular complexity index is 2870. The molecule has 0 bridgehead atoms. The van der Waals surface area contributed by atoms with Crippen LogP contribution in [0.25, 0.3) is 11.1 Å². The van der Waals surface area contributed by atoms with Crippen LogP contribution in [0.1, 0.15) is 114 Å². The Hall–Kier alpha value is -7.40. The molecule has 6 aliphatic rings. The second-order valence-corrected chi connectivity index (χ2v) is 20.0. The fourth-order valence-electron chi connectivity index (χ4n) is 9.27. The van der Waals surface area contributed by atoms with Crippen molar-refractivity contribution in [1.29, 1.82) is 5.26 Å². The molecule has 2 fully saturated rings. The molecule has 10 rings (SSSR count). The van der Waals surface area contributed by atoms with E-state index in [-0.39, 0.29) is 36.2 Å². The van der Waals surface area contributed by atoms with Gasteiger partial charge in [0.05, 0.1) is 28.7 Å². The number of nitriles is 1. The lowest BCUT2D eigenvalue weighted by Crippen LogP contribution is -2.27. The smallest absolute Gasteiger partial charge is 0.310 e. The van der Waals surface area contributed by atoms with Crippen molar-refractivity contribution in [2.45, 2.75) is 105 Å². The molecule has 2 aliphatic heterocycles. The Morgan fingerprint density at radius 1 is 0.647 bits per heavy atom. The molecule has 2 amide bonds. The average Bonchev–Trinajstić information content (AvgIpc) is 4.04. The van der Waals surface area contributed by atoms with Crippen molar-refractivity contribution in [2.24, 2.45) is 16.0 Å². The molecule has 0 spiro atoms. The third-order valence-electron chi connectivity index (χ3n) is 13.3. The summed E-state index contributed by atoms with van der Waals surface area (Å²) in [7, 11) is 0. The van der Waals surface area contributed by atoms with E-state index in [0.29, 0.717) is 11.5 Å². The molecule has 2 saturated carbocycles. The van der Waals surface area contributed by atoms with Crippen molar-refractivity contribution in [2.75, 3.05) is 24.2 Å². The number of amides is 2. The van der Waals surface area contributed by atoms with Gasteiger partial charge in [-0.3, -0.25) is 19.2 Å². The summed E-state index contributed by atoms with van der Waals surface area (Å²) >= 11 is 0. The predicted molar refractivity (Wildman–Crippen MR) is 256 cm³/mol. The number of allylic oxidation sites excluding steroid dienone is 4. The molecule has 4 aromatic rings. The highest BCUT2D eigenvalue weighted by Crippen LogP contribution is 2.53. The summed E-state index contributed by atoms with van der Waals surface area (Å²) in [4.78, 5) is 46.1. The zero-order chi connectivity index (χ0) is 48.8. The van der Waals surface area contributed by atoms with E-state index in [1.165, 1.54) is 31.2 Å². The van der Waals surface area contributed by atoms with E-state index in [2.05, 4.69) is 74.2 Å². The van der Waals surface area contributed by atoms with Crippen LogP contribution in [0.2, 0.25) is 0 Å². The van der Waals surface area contributed by atoms with E-state index in [0.717, 1.165) is 106 Å². The zero-order valence-electron chi connectivity index (χ0n) is 39.7. The van der Waals surface area contributed by atoms with Gasteiger partial charge in [-0.15, -0.1) is 0 Å². The molecule has 0 aromatic heterocycles. The van der Waals surface area contributed by atoms with E-state index in [1.807, 2.05) is 66.7 Å². The molecule has 0 radical (unpaired) electrons. The molecule has 4 aliphatic carbocycles. The summed E-state index contributed by atoms with van der Waals surface area (Å²) in [6, 6.07) is 25.8. The number of nitrogens with one attached hydrogen (secondary N) is 2. The van der Waals surface area contributed by atoms with E-state index in [1.54, 1.807) is 0 Å². The Labute approximate surface area is 395 Å². The number of carbonyl (C=O) groups excluding carboxylic acids is 4. The van der Waals surface area contributed by atoms with Crippen molar-refractivity contribution < 1.29 is 48.1 Å². The molecule has 0 unspecified atom stereocenters. The van der Waals surface area contributed by atoms with Gasteiger partial charge in [-0.2, -0.15) is 5.26 Å². The van der Waals surface area contributed by atoms with Crippen LogP contribution >= 0.6 is 0 Å². The van der Waals surface area contributed by atoms with Crippen LogP contribution in [0.15, 0.2) is 89.1 Å². The Kier molecular flexibility index (Phi) is 12.5. The lowest BCUT2D eigenvalue weighted by molar-refractivity contribution is -0.156. The maximum absolute atomic E-state index is 13.3. The van der Waals surface area contributed by atoms with Crippen molar-refractivity contribution >= 4 is 52.5 Å². The normalized spacial score (nSPS) is 17.2. The topological polar surface area (TPSA) is 195 Å². The number of benzene rings is 4. The molecule has 14 nitrogen and oxygen atoms in total. The third-order valence-corrected chi connectivity index (χ3v) is 13.3. The Morgan fingerprint density at radius 3 is 1.50 bits per heavy atom. The average molecular weight is 921 g/mol. The number of nitrogens with zero attached hydrogens (tertiary/aromatic N) is 2. The minimum Gasteiger partial charge on any atom is -0.454 e. The maximum atomic E-state index is 13.3. The van der Waals surface area contributed by atoms with Gasteiger partial charge >= 0.3 is 11.9 Å². The second-order valence-electron chi connectivity index (χ2n) is 20.0. The van der Waals surface area contributed by atoms with Gasteiger partial charge in [-0.25, -0.2) is 0 Å². The molecule has 2 heterocycles. The zero-order valence-corrected chi connectivity index (χ0v) is 39.7. The standard InChI is InChI=1S/C25H26N2O4.C25H24N2O3.C4H6O3/c1-24(2,3)20-10-15-4-6-17(12-18(15)19(20)13-26-29)27-23(28)25(8-9-25)16-5-7-21-22(11-16)31-14-30-21;1-24(2,3)20-10-15-4-6-17(12-18(15)19(20)13-26)27-23(28)25(8-9-25)16-5-7-21-22(11-16)30-14-29-21;1-3(5)7-4(2)6/h4-7,11-13,29H,8-10,14H2,1-3H3,(H,27,28);4-7,11-12H,8-10,14H2,1-3H3,(H,27,28);1-2H3/b26-13-;;. The number of fused-ring (bicyclic) bond motifs is 4. The van der Waals surface area contributed by atoms with Gasteiger partial charge in [0.1, 0.15) is 0 Å². The van der Waals surface area contributed by atoms with Gasteiger partial charge in [0.25, 0.3) is 0 Å². The molecule has 4 aromatic carbocycles. The molecule has 3 N–H and O–H groups in total. The van der Waals surface area contributed by atoms with Crippen LogP contribution in [0.5, 0.6) is 23.0 Å². The van der Waals surface area contributed by atoms with E-state index < -0.39 is 22.8 Å². The molecular formula is C54H56N4O10. The first-order valence-electron chi connectivity index (χ1n) is 22.7. The summed E-state index contributed by atoms with van der Waals surface area (Å²) in [6.45, 7) is 15.7. The van der Waals surface area contributed by atoms with Crippen molar-refractivity contribution in [3.05, 3.63) is 117 Å². The number of carbonyl (C=O) groups is 4. The highest BCUT2D eigenvalue weighted by atomic mass is 16.7. The number of oxime groups is 1. The van der Waals surface area contributed by atoms with Gasteiger partial charge in [0.15, 0.2) is 23.0 Å². The number of hydrogen-bond donors (Lipinski definition) is 3. The van der Waals surface area contributed by atoms with Crippen LogP contribution in [0.3, 0.4) is 0 Å². The summed E-state index contributed by atoms with van der Waals surface area (Å²) in [5.41, 5.74) is 10.5. The monoisotopic (exact) mass is 920 g/mol. The summed E-state index contributed by atoms with van der Waals surface area (Å²) in [6.07, 6.45) is 6.33. The SMILES string of the molecule is CC(=O)OC(C)=O.CC(C)(C)C1=C(/C=N\O)c2cc(NC(=O)C3(c4ccc5c(c4)OCO5)CC3)ccc2C1.CC(C)(C)C1=C(C#N)c2cc(NC(=O)C3(c4ccc5c(c4)OCO5)CC3)ccc2C1. The second kappa shape index (κ2) is 18.0. The van der Waals surface area contributed by atoms with Crippen LogP contribution < -0.4 is 29.6 Å². The van der Waals surface area contributed by atoms with Crippen LogP contribution in [-0.4, -0.2) is 48.8 Å². The molecule has 68 heavy (non-hydrogen) atoms. The number of anilines is 2. The van der Waals surface area contributed by atoms with Gasteiger partial charge in [-0.1, -0.05) is 76.5 Å². The Morgan fingerprint density at radius 2 is 1.09 bits per heavy atom.